The molecule has 0 bridgehead atoms. The average Bonchev–Trinajstić information content (AvgIpc) is 2.34. The Morgan fingerprint density at radius 2 is 2.27 bits per heavy atom. The summed E-state index contributed by atoms with van der Waals surface area (Å²) in [6.07, 6.45) is 3.26. The summed E-state index contributed by atoms with van der Waals surface area (Å²) in [7, 11) is 0. The van der Waals surface area contributed by atoms with Crippen LogP contribution < -0.4 is 0 Å². The Balaban J connectivity index is 2.23. The summed E-state index contributed by atoms with van der Waals surface area (Å²) in [5.74, 6) is 1.66. The van der Waals surface area contributed by atoms with Crippen LogP contribution in [0.2, 0.25) is 0 Å². The highest BCUT2D eigenvalue weighted by atomic mass is 16.1. The average molecular weight is 150 g/mol. The van der Waals surface area contributed by atoms with Crippen LogP contribution in [0.1, 0.15) is 27.2 Å². The lowest BCUT2D eigenvalue weighted by molar-refractivity contribution is -0.113. The Labute approximate surface area is 67.5 Å². The maximum Gasteiger partial charge on any atom is 0.155 e. The van der Waals surface area contributed by atoms with E-state index in [9.17, 15) is 4.79 Å². The molecule has 1 saturated carbocycles. The number of carbonyl (C=O) groups excluding carboxylic acids is 1. The SMILES string of the molecule is CC(=O)C1=CCC2C1C2(C)C. The molecule has 0 radical (unpaired) electrons. The molecule has 2 unspecified atom stereocenters. The number of hydrogen-bond acceptors (Lipinski definition) is 1. The van der Waals surface area contributed by atoms with Crippen LogP contribution >= 0.6 is 0 Å². The van der Waals surface area contributed by atoms with Gasteiger partial charge in [0.1, 0.15) is 0 Å². The van der Waals surface area contributed by atoms with Crippen LogP contribution in [0.3, 0.4) is 0 Å². The van der Waals surface area contributed by atoms with Gasteiger partial charge in [0, 0.05) is 0 Å². The molecule has 0 aromatic heterocycles. The minimum atomic E-state index is 0.281. The third kappa shape index (κ3) is 0.741. The Morgan fingerprint density at radius 3 is 2.55 bits per heavy atom. The molecule has 0 aliphatic heterocycles. The monoisotopic (exact) mass is 150 g/mol. The van der Waals surface area contributed by atoms with Crippen molar-refractivity contribution in [2.75, 3.05) is 0 Å². The zero-order chi connectivity index (χ0) is 8.22. The molecule has 2 aliphatic rings. The predicted molar refractivity (Wildman–Crippen MR) is 44.1 cm³/mol. The third-order valence-electron chi connectivity index (χ3n) is 3.38. The number of fused-ring (bicyclic) bond motifs is 1. The van der Waals surface area contributed by atoms with Gasteiger partial charge >= 0.3 is 0 Å². The van der Waals surface area contributed by atoms with Crippen LogP contribution in [0.5, 0.6) is 0 Å². The highest BCUT2D eigenvalue weighted by molar-refractivity contribution is 5.95. The Morgan fingerprint density at radius 1 is 1.64 bits per heavy atom. The van der Waals surface area contributed by atoms with E-state index in [4.69, 9.17) is 0 Å². The topological polar surface area (TPSA) is 17.1 Å². The van der Waals surface area contributed by atoms with E-state index in [2.05, 4.69) is 19.9 Å². The summed E-state index contributed by atoms with van der Waals surface area (Å²) in [4.78, 5) is 11.1. The number of carbonyl (C=O) groups is 1. The van der Waals surface area contributed by atoms with Crippen molar-refractivity contribution in [3.05, 3.63) is 11.6 Å². The maximum atomic E-state index is 11.1. The number of allylic oxidation sites excluding steroid dienone is 2. The van der Waals surface area contributed by atoms with Gasteiger partial charge in [-0.15, -0.1) is 0 Å². The second-order valence-electron chi connectivity index (χ2n) is 4.36. The molecule has 0 N–H and O–H groups in total. The van der Waals surface area contributed by atoms with Crippen LogP contribution in [0.25, 0.3) is 0 Å². The molecule has 1 heteroatoms. The van der Waals surface area contributed by atoms with Crippen molar-refractivity contribution in [1.29, 1.82) is 0 Å². The summed E-state index contributed by atoms with van der Waals surface area (Å²) < 4.78 is 0. The molecule has 0 aromatic carbocycles. The largest absolute Gasteiger partial charge is 0.295 e. The standard InChI is InChI=1S/C10H14O/c1-6(11)7-4-5-8-9(7)10(8,2)3/h4,8-9H,5H2,1-3H3. The Bertz CT molecular complexity index is 248. The van der Waals surface area contributed by atoms with E-state index in [1.807, 2.05) is 0 Å². The van der Waals surface area contributed by atoms with Crippen molar-refractivity contribution in [2.45, 2.75) is 27.2 Å². The highest BCUT2D eigenvalue weighted by Crippen LogP contribution is 2.66. The first-order valence-electron chi connectivity index (χ1n) is 4.26. The maximum absolute atomic E-state index is 11.1. The minimum Gasteiger partial charge on any atom is -0.295 e. The van der Waals surface area contributed by atoms with Crippen molar-refractivity contribution < 1.29 is 4.79 Å². The van der Waals surface area contributed by atoms with E-state index >= 15 is 0 Å². The van der Waals surface area contributed by atoms with Crippen molar-refractivity contribution >= 4 is 5.78 Å². The third-order valence-corrected chi connectivity index (χ3v) is 3.38. The van der Waals surface area contributed by atoms with Gasteiger partial charge in [-0.2, -0.15) is 0 Å². The second-order valence-corrected chi connectivity index (χ2v) is 4.36. The molecule has 0 saturated heterocycles. The first-order chi connectivity index (χ1) is 5.05. The fourth-order valence-electron chi connectivity index (χ4n) is 2.55. The summed E-state index contributed by atoms with van der Waals surface area (Å²) >= 11 is 0. The smallest absolute Gasteiger partial charge is 0.155 e. The van der Waals surface area contributed by atoms with Gasteiger partial charge in [-0.25, -0.2) is 0 Å². The first kappa shape index (κ1) is 7.08. The molecular weight excluding hydrogens is 136 g/mol. The molecule has 1 fully saturated rings. The zero-order valence-electron chi connectivity index (χ0n) is 7.35. The van der Waals surface area contributed by atoms with E-state index in [1.165, 1.54) is 0 Å². The number of ketones is 1. The number of rotatable bonds is 1. The van der Waals surface area contributed by atoms with Gasteiger partial charge in [-0.05, 0) is 36.2 Å². The summed E-state index contributed by atoms with van der Waals surface area (Å²) in [5, 5.41) is 0. The van der Waals surface area contributed by atoms with E-state index in [0.717, 1.165) is 17.9 Å². The van der Waals surface area contributed by atoms with Crippen molar-refractivity contribution in [2.24, 2.45) is 17.3 Å². The molecule has 2 aliphatic carbocycles. The zero-order valence-corrected chi connectivity index (χ0v) is 7.35. The van der Waals surface area contributed by atoms with Crippen LogP contribution in [-0.4, -0.2) is 5.78 Å². The van der Waals surface area contributed by atoms with E-state index in [0.29, 0.717) is 11.3 Å². The summed E-state index contributed by atoms with van der Waals surface area (Å²) in [6.45, 7) is 6.21. The highest BCUT2D eigenvalue weighted by Gasteiger charge is 2.61. The fourth-order valence-corrected chi connectivity index (χ4v) is 2.55. The quantitative estimate of drug-likeness (QED) is 0.560. The molecule has 0 amide bonds. The molecule has 1 nitrogen and oxygen atoms in total. The normalized spacial score (nSPS) is 37.9. The van der Waals surface area contributed by atoms with Crippen molar-refractivity contribution in [1.82, 2.24) is 0 Å². The first-order valence-corrected chi connectivity index (χ1v) is 4.26. The van der Waals surface area contributed by atoms with E-state index < -0.39 is 0 Å². The van der Waals surface area contributed by atoms with Crippen molar-refractivity contribution in [3.8, 4) is 0 Å². The van der Waals surface area contributed by atoms with Gasteiger partial charge in [0.15, 0.2) is 5.78 Å². The minimum absolute atomic E-state index is 0.281. The summed E-state index contributed by atoms with van der Waals surface area (Å²) in [5.41, 5.74) is 1.52. The van der Waals surface area contributed by atoms with Gasteiger partial charge in [-0.3, -0.25) is 4.79 Å². The van der Waals surface area contributed by atoms with Crippen LogP contribution in [-0.2, 0) is 4.79 Å². The Kier molecular flexibility index (Phi) is 1.14. The van der Waals surface area contributed by atoms with Crippen LogP contribution in [0, 0.1) is 17.3 Å². The lowest BCUT2D eigenvalue weighted by Gasteiger charge is -2.06. The van der Waals surface area contributed by atoms with Gasteiger partial charge in [0.05, 0.1) is 0 Å². The molecular formula is C10H14O. The van der Waals surface area contributed by atoms with Crippen LogP contribution in [0.4, 0.5) is 0 Å². The molecule has 0 aromatic rings. The number of Topliss-reactive ketones (excluding diaryl/α,β-unsaturated/α-hetero) is 1. The Hall–Kier alpha value is -0.590. The molecule has 0 heterocycles. The van der Waals surface area contributed by atoms with Gasteiger partial charge in [0.25, 0.3) is 0 Å². The molecule has 60 valence electrons. The van der Waals surface area contributed by atoms with Gasteiger partial charge in [-0.1, -0.05) is 19.9 Å². The number of hydrogen-bond donors (Lipinski definition) is 0. The molecule has 0 spiro atoms. The van der Waals surface area contributed by atoms with Gasteiger partial charge in [0.2, 0.25) is 0 Å². The second kappa shape index (κ2) is 1.77. The molecule has 2 rings (SSSR count). The summed E-state index contributed by atoms with van der Waals surface area (Å²) in [6, 6.07) is 0. The lowest BCUT2D eigenvalue weighted by Crippen LogP contribution is -2.03. The predicted octanol–water partition coefficient (Wildman–Crippen LogP) is 2.18. The van der Waals surface area contributed by atoms with Gasteiger partial charge < -0.3 is 0 Å². The van der Waals surface area contributed by atoms with Crippen LogP contribution in [0.15, 0.2) is 11.6 Å². The van der Waals surface area contributed by atoms with E-state index in [-0.39, 0.29) is 5.78 Å². The lowest BCUT2D eigenvalue weighted by atomic mass is 9.98. The van der Waals surface area contributed by atoms with Crippen molar-refractivity contribution in [3.63, 3.8) is 0 Å². The fraction of sp³-hybridized carbons (Fsp3) is 0.700. The molecule has 2 atom stereocenters. The van der Waals surface area contributed by atoms with E-state index in [1.54, 1.807) is 6.92 Å². The molecule has 11 heavy (non-hydrogen) atoms.